The molecule has 0 aliphatic rings. The van der Waals surface area contributed by atoms with Crippen molar-refractivity contribution in [3.8, 4) is 6.07 Å². The minimum absolute atomic E-state index is 0.744. The average molecular weight is 348 g/mol. The van der Waals surface area contributed by atoms with E-state index in [-0.39, 0.29) is 0 Å². The van der Waals surface area contributed by atoms with Crippen molar-refractivity contribution in [3.63, 3.8) is 0 Å². The molecule has 0 aliphatic heterocycles. The molecule has 1 nitrogen and oxygen atoms in total. The quantitative estimate of drug-likeness (QED) is 0.540. The van der Waals surface area contributed by atoms with Crippen molar-refractivity contribution < 1.29 is 0 Å². The summed E-state index contributed by atoms with van der Waals surface area (Å²) >= 11 is 3.28. The first kappa shape index (κ1) is 16.7. The molecule has 0 saturated carbocycles. The van der Waals surface area contributed by atoms with Gasteiger partial charge < -0.3 is 0 Å². The SMILES string of the molecule is Cc1ccc(Sc2cccc(Sc3ccc(C)cc3)c2C#N)cc1. The molecule has 3 aromatic rings. The van der Waals surface area contributed by atoms with Crippen LogP contribution in [0, 0.1) is 25.2 Å². The van der Waals surface area contributed by atoms with E-state index in [0.717, 1.165) is 25.1 Å². The summed E-state index contributed by atoms with van der Waals surface area (Å²) in [6.45, 7) is 4.15. The average Bonchev–Trinajstić information content (AvgIpc) is 2.59. The summed E-state index contributed by atoms with van der Waals surface area (Å²) in [5, 5.41) is 9.67. The number of nitriles is 1. The second kappa shape index (κ2) is 7.61. The van der Waals surface area contributed by atoms with Gasteiger partial charge in [-0.25, -0.2) is 0 Å². The van der Waals surface area contributed by atoms with Gasteiger partial charge in [-0.15, -0.1) is 0 Å². The minimum atomic E-state index is 0.744. The van der Waals surface area contributed by atoms with Crippen LogP contribution in [0.1, 0.15) is 16.7 Å². The molecule has 0 radical (unpaired) electrons. The molecule has 118 valence electrons. The number of benzene rings is 3. The van der Waals surface area contributed by atoms with E-state index in [9.17, 15) is 5.26 Å². The maximum absolute atomic E-state index is 9.67. The molecule has 24 heavy (non-hydrogen) atoms. The smallest absolute Gasteiger partial charge is 0.102 e. The Bertz CT molecular complexity index is 809. The Morgan fingerprint density at radius 3 is 1.46 bits per heavy atom. The number of hydrogen-bond acceptors (Lipinski definition) is 3. The lowest BCUT2D eigenvalue weighted by molar-refractivity contribution is 1.24. The Hall–Kier alpha value is -2.15. The largest absolute Gasteiger partial charge is 0.192 e. The molecule has 0 fully saturated rings. The van der Waals surface area contributed by atoms with Crippen LogP contribution in [-0.2, 0) is 0 Å². The van der Waals surface area contributed by atoms with Gasteiger partial charge >= 0.3 is 0 Å². The summed E-state index contributed by atoms with van der Waals surface area (Å²) in [5.74, 6) is 0. The molecule has 0 saturated heterocycles. The monoisotopic (exact) mass is 347 g/mol. The van der Waals surface area contributed by atoms with Crippen LogP contribution in [0.2, 0.25) is 0 Å². The molecule has 0 amide bonds. The molecule has 0 bridgehead atoms. The third-order valence-corrected chi connectivity index (χ3v) is 5.73. The highest BCUT2D eigenvalue weighted by Crippen LogP contribution is 2.37. The van der Waals surface area contributed by atoms with Gasteiger partial charge in [0.15, 0.2) is 0 Å². The second-order valence-electron chi connectivity index (χ2n) is 5.57. The van der Waals surface area contributed by atoms with E-state index in [4.69, 9.17) is 0 Å². The first-order chi connectivity index (χ1) is 11.7. The van der Waals surface area contributed by atoms with Gasteiger partial charge in [0.1, 0.15) is 6.07 Å². The lowest BCUT2D eigenvalue weighted by Crippen LogP contribution is -1.86. The predicted molar refractivity (Wildman–Crippen MR) is 102 cm³/mol. The summed E-state index contributed by atoms with van der Waals surface area (Å²) in [6, 6.07) is 25.2. The lowest BCUT2D eigenvalue weighted by Gasteiger charge is -2.09. The summed E-state index contributed by atoms with van der Waals surface area (Å²) in [5.41, 5.74) is 3.22. The van der Waals surface area contributed by atoms with Gasteiger partial charge in [-0.05, 0) is 50.2 Å². The second-order valence-corrected chi connectivity index (χ2v) is 7.80. The van der Waals surface area contributed by atoms with Gasteiger partial charge in [0, 0.05) is 19.6 Å². The zero-order valence-electron chi connectivity index (χ0n) is 13.6. The van der Waals surface area contributed by atoms with Crippen molar-refractivity contribution in [1.29, 1.82) is 5.26 Å². The van der Waals surface area contributed by atoms with E-state index in [2.05, 4.69) is 68.4 Å². The Balaban J connectivity index is 1.89. The molecule has 0 unspecified atom stereocenters. The van der Waals surface area contributed by atoms with E-state index < -0.39 is 0 Å². The zero-order chi connectivity index (χ0) is 16.9. The summed E-state index contributed by atoms with van der Waals surface area (Å²) in [7, 11) is 0. The fourth-order valence-corrected chi connectivity index (χ4v) is 4.18. The van der Waals surface area contributed by atoms with Crippen LogP contribution in [0.4, 0.5) is 0 Å². The van der Waals surface area contributed by atoms with Gasteiger partial charge in [-0.1, -0.05) is 65.0 Å². The lowest BCUT2D eigenvalue weighted by atomic mass is 10.2. The van der Waals surface area contributed by atoms with Gasteiger partial charge in [0.2, 0.25) is 0 Å². The Morgan fingerprint density at radius 1 is 0.667 bits per heavy atom. The molecule has 3 heteroatoms. The highest BCUT2D eigenvalue weighted by atomic mass is 32.2. The first-order valence-corrected chi connectivity index (χ1v) is 9.31. The molecule has 0 aliphatic carbocycles. The zero-order valence-corrected chi connectivity index (χ0v) is 15.2. The Morgan fingerprint density at radius 2 is 1.08 bits per heavy atom. The molecule has 0 heterocycles. The first-order valence-electron chi connectivity index (χ1n) is 7.68. The number of hydrogen-bond donors (Lipinski definition) is 0. The molecule has 0 atom stereocenters. The molecule has 3 aromatic carbocycles. The number of nitrogens with zero attached hydrogens (tertiary/aromatic N) is 1. The molecule has 0 spiro atoms. The predicted octanol–water partition coefficient (Wildman–Crippen LogP) is 6.48. The highest BCUT2D eigenvalue weighted by Gasteiger charge is 2.11. The van der Waals surface area contributed by atoms with Crippen LogP contribution in [0.5, 0.6) is 0 Å². The molecule has 0 aromatic heterocycles. The minimum Gasteiger partial charge on any atom is -0.192 e. The number of aryl methyl sites for hydroxylation is 2. The van der Waals surface area contributed by atoms with Gasteiger partial charge in [0.05, 0.1) is 5.56 Å². The van der Waals surface area contributed by atoms with Crippen molar-refractivity contribution in [1.82, 2.24) is 0 Å². The maximum Gasteiger partial charge on any atom is 0.102 e. The summed E-state index contributed by atoms with van der Waals surface area (Å²) in [4.78, 5) is 4.29. The van der Waals surface area contributed by atoms with Crippen molar-refractivity contribution in [2.45, 2.75) is 33.4 Å². The van der Waals surface area contributed by atoms with E-state index in [0.29, 0.717) is 0 Å². The Labute approximate surface area is 151 Å². The van der Waals surface area contributed by atoms with Crippen molar-refractivity contribution in [2.24, 2.45) is 0 Å². The van der Waals surface area contributed by atoms with Crippen molar-refractivity contribution in [2.75, 3.05) is 0 Å². The van der Waals surface area contributed by atoms with Crippen LogP contribution in [0.15, 0.2) is 86.3 Å². The maximum atomic E-state index is 9.67. The highest BCUT2D eigenvalue weighted by molar-refractivity contribution is 8.00. The fourth-order valence-electron chi connectivity index (χ4n) is 2.26. The normalized spacial score (nSPS) is 10.4. The van der Waals surface area contributed by atoms with E-state index in [1.807, 2.05) is 18.2 Å². The van der Waals surface area contributed by atoms with Crippen molar-refractivity contribution in [3.05, 3.63) is 83.4 Å². The van der Waals surface area contributed by atoms with Crippen LogP contribution in [-0.4, -0.2) is 0 Å². The Kier molecular flexibility index (Phi) is 5.30. The van der Waals surface area contributed by atoms with E-state index in [1.54, 1.807) is 23.5 Å². The molecule has 0 N–H and O–H groups in total. The van der Waals surface area contributed by atoms with Gasteiger partial charge in [0.25, 0.3) is 0 Å². The van der Waals surface area contributed by atoms with Crippen LogP contribution in [0.25, 0.3) is 0 Å². The fraction of sp³-hybridized carbons (Fsp3) is 0.0952. The molecular formula is C21H17NS2. The van der Waals surface area contributed by atoms with Crippen molar-refractivity contribution >= 4 is 23.5 Å². The van der Waals surface area contributed by atoms with E-state index in [1.165, 1.54) is 11.1 Å². The summed E-state index contributed by atoms with van der Waals surface area (Å²) < 4.78 is 0. The van der Waals surface area contributed by atoms with Crippen LogP contribution < -0.4 is 0 Å². The van der Waals surface area contributed by atoms with E-state index >= 15 is 0 Å². The standard InChI is InChI=1S/C21H17NS2/c1-15-6-10-17(11-7-15)23-20-4-3-5-21(19(20)14-22)24-18-12-8-16(2)9-13-18/h3-13H,1-2H3. The van der Waals surface area contributed by atoms with Crippen LogP contribution in [0.3, 0.4) is 0 Å². The third kappa shape index (κ3) is 4.03. The van der Waals surface area contributed by atoms with Crippen LogP contribution >= 0.6 is 23.5 Å². The topological polar surface area (TPSA) is 23.8 Å². The summed E-state index contributed by atoms with van der Waals surface area (Å²) in [6.07, 6.45) is 0. The number of rotatable bonds is 4. The molecular weight excluding hydrogens is 330 g/mol. The van der Waals surface area contributed by atoms with Gasteiger partial charge in [-0.2, -0.15) is 5.26 Å². The molecule has 3 rings (SSSR count). The third-order valence-electron chi connectivity index (χ3n) is 3.60. The van der Waals surface area contributed by atoms with Gasteiger partial charge in [-0.3, -0.25) is 0 Å².